The quantitative estimate of drug-likeness (QED) is 0.692. The molecule has 0 unspecified atom stereocenters. The molecular weight excluding hydrogens is 248 g/mol. The highest BCUT2D eigenvalue weighted by molar-refractivity contribution is 5.66. The molecule has 0 aliphatic heterocycles. The van der Waals surface area contributed by atoms with Gasteiger partial charge in [0.15, 0.2) is 11.6 Å². The van der Waals surface area contributed by atoms with Crippen LogP contribution in [-0.4, -0.2) is 19.9 Å². The first-order chi connectivity index (χ1) is 9.16. The van der Waals surface area contributed by atoms with Gasteiger partial charge in [0.1, 0.15) is 0 Å². The first kappa shape index (κ1) is 11.4. The van der Waals surface area contributed by atoms with Crippen LogP contribution in [0, 0.1) is 13.8 Å². The Morgan fingerprint density at radius 2 is 1.89 bits per heavy atom. The lowest BCUT2D eigenvalue weighted by Crippen LogP contribution is -2.14. The van der Waals surface area contributed by atoms with E-state index in [1.165, 1.54) is 4.57 Å². The van der Waals surface area contributed by atoms with Crippen LogP contribution in [0.5, 0.6) is 0 Å². The van der Waals surface area contributed by atoms with E-state index in [-0.39, 0.29) is 0 Å². The molecule has 96 valence electrons. The Labute approximate surface area is 107 Å². The minimum Gasteiger partial charge on any atom is -0.334 e. The molecule has 7 heteroatoms. The number of rotatable bonds is 2. The van der Waals surface area contributed by atoms with Gasteiger partial charge in [-0.15, -0.1) is 0 Å². The average molecular weight is 258 g/mol. The number of para-hydroxylation sites is 1. The predicted octanol–water partition coefficient (Wildman–Crippen LogP) is 1.49. The Morgan fingerprint density at radius 3 is 2.53 bits per heavy atom. The lowest BCUT2D eigenvalue weighted by molar-refractivity contribution is 0.380. The van der Waals surface area contributed by atoms with Gasteiger partial charge in [-0.05, 0) is 26.0 Å². The third kappa shape index (κ3) is 1.85. The van der Waals surface area contributed by atoms with E-state index < -0.39 is 5.76 Å². The van der Waals surface area contributed by atoms with Gasteiger partial charge in [-0.2, -0.15) is 4.98 Å². The Balaban J connectivity index is 2.26. The van der Waals surface area contributed by atoms with Crippen LogP contribution in [0.4, 0.5) is 0 Å². The normalized spacial score (nSPS) is 10.8. The molecule has 0 fully saturated rings. The van der Waals surface area contributed by atoms with Crippen LogP contribution in [0.25, 0.3) is 17.1 Å². The van der Waals surface area contributed by atoms with Crippen LogP contribution < -0.4 is 5.76 Å². The summed E-state index contributed by atoms with van der Waals surface area (Å²) in [7, 11) is 0. The van der Waals surface area contributed by atoms with Gasteiger partial charge in [-0.1, -0.05) is 22.4 Å². The molecule has 1 aromatic carbocycles. The molecule has 0 aliphatic rings. The molecule has 3 rings (SSSR count). The van der Waals surface area contributed by atoms with Crippen molar-refractivity contribution in [1.29, 1.82) is 0 Å². The summed E-state index contributed by atoms with van der Waals surface area (Å²) >= 11 is 0. The van der Waals surface area contributed by atoms with Crippen LogP contribution in [-0.2, 0) is 0 Å². The molecule has 0 aliphatic carbocycles. The molecule has 0 saturated carbocycles. The molecule has 0 N–H and O–H groups in total. The van der Waals surface area contributed by atoms with E-state index in [2.05, 4.69) is 19.8 Å². The summed E-state index contributed by atoms with van der Waals surface area (Å²) in [5, 5.41) is 7.39. The Bertz CT molecular complexity index is 784. The second-order valence-electron chi connectivity index (χ2n) is 3.99. The SMILES string of the molecule is Cc1noc(-c2ccccc2-n2c(C)noc2=O)n1. The summed E-state index contributed by atoms with van der Waals surface area (Å²) in [5.41, 5.74) is 1.24. The zero-order valence-corrected chi connectivity index (χ0v) is 10.3. The van der Waals surface area contributed by atoms with Crippen molar-refractivity contribution in [1.82, 2.24) is 19.9 Å². The summed E-state index contributed by atoms with van der Waals surface area (Å²) in [6.07, 6.45) is 0. The van der Waals surface area contributed by atoms with Gasteiger partial charge >= 0.3 is 5.76 Å². The highest BCUT2D eigenvalue weighted by Crippen LogP contribution is 2.24. The fraction of sp³-hybridized carbons (Fsp3) is 0.167. The Hall–Kier alpha value is -2.70. The van der Waals surface area contributed by atoms with E-state index in [9.17, 15) is 4.79 Å². The lowest BCUT2D eigenvalue weighted by atomic mass is 10.1. The topological polar surface area (TPSA) is 87.0 Å². The van der Waals surface area contributed by atoms with E-state index in [0.717, 1.165) is 0 Å². The number of benzene rings is 1. The number of aryl methyl sites for hydroxylation is 2. The maximum absolute atomic E-state index is 11.7. The smallest absolute Gasteiger partial charge is 0.334 e. The van der Waals surface area contributed by atoms with E-state index >= 15 is 0 Å². The van der Waals surface area contributed by atoms with Crippen LogP contribution in [0.15, 0.2) is 38.1 Å². The van der Waals surface area contributed by atoms with Crippen molar-refractivity contribution in [3.8, 4) is 17.1 Å². The summed E-state index contributed by atoms with van der Waals surface area (Å²) in [6.45, 7) is 3.41. The molecular formula is C12H10N4O3. The van der Waals surface area contributed by atoms with Crippen molar-refractivity contribution in [2.24, 2.45) is 0 Å². The molecule has 0 bridgehead atoms. The molecule has 2 heterocycles. The number of aromatic nitrogens is 4. The summed E-state index contributed by atoms with van der Waals surface area (Å²) in [5.74, 6) is 0.773. The Morgan fingerprint density at radius 1 is 1.11 bits per heavy atom. The highest BCUT2D eigenvalue weighted by atomic mass is 16.5. The van der Waals surface area contributed by atoms with Crippen molar-refractivity contribution >= 4 is 0 Å². The van der Waals surface area contributed by atoms with Gasteiger partial charge in [-0.3, -0.25) is 4.52 Å². The zero-order valence-electron chi connectivity index (χ0n) is 10.3. The van der Waals surface area contributed by atoms with Crippen LogP contribution in [0.3, 0.4) is 0 Å². The summed E-state index contributed by atoms with van der Waals surface area (Å²) in [4.78, 5) is 15.9. The van der Waals surface area contributed by atoms with Crippen molar-refractivity contribution < 1.29 is 9.05 Å². The second-order valence-corrected chi connectivity index (χ2v) is 3.99. The number of hydrogen-bond acceptors (Lipinski definition) is 6. The first-order valence-corrected chi connectivity index (χ1v) is 5.62. The molecule has 0 atom stereocenters. The van der Waals surface area contributed by atoms with Crippen LogP contribution in [0.2, 0.25) is 0 Å². The average Bonchev–Trinajstić information content (AvgIpc) is 2.96. The molecule has 2 aromatic heterocycles. The lowest BCUT2D eigenvalue weighted by Gasteiger charge is -2.05. The summed E-state index contributed by atoms with van der Waals surface area (Å²) in [6, 6.07) is 7.19. The zero-order chi connectivity index (χ0) is 13.4. The van der Waals surface area contributed by atoms with Crippen molar-refractivity contribution in [3.05, 3.63) is 46.5 Å². The van der Waals surface area contributed by atoms with E-state index in [1.54, 1.807) is 32.0 Å². The Kier molecular flexibility index (Phi) is 2.52. The van der Waals surface area contributed by atoms with Crippen molar-refractivity contribution in [2.45, 2.75) is 13.8 Å². The monoisotopic (exact) mass is 258 g/mol. The third-order valence-electron chi connectivity index (χ3n) is 2.66. The first-order valence-electron chi connectivity index (χ1n) is 5.62. The minimum absolute atomic E-state index is 0.348. The van der Waals surface area contributed by atoms with Crippen molar-refractivity contribution in [3.63, 3.8) is 0 Å². The van der Waals surface area contributed by atoms with E-state index in [1.807, 2.05) is 6.07 Å². The second kappa shape index (κ2) is 4.20. The molecule has 0 saturated heterocycles. The molecule has 0 amide bonds. The molecule has 7 nitrogen and oxygen atoms in total. The highest BCUT2D eigenvalue weighted by Gasteiger charge is 2.16. The van der Waals surface area contributed by atoms with Gasteiger partial charge in [0.25, 0.3) is 5.89 Å². The number of hydrogen-bond donors (Lipinski definition) is 0. The fourth-order valence-electron chi connectivity index (χ4n) is 1.85. The number of nitrogens with zero attached hydrogens (tertiary/aromatic N) is 4. The molecule has 19 heavy (non-hydrogen) atoms. The predicted molar refractivity (Wildman–Crippen MR) is 64.9 cm³/mol. The minimum atomic E-state index is -0.554. The third-order valence-corrected chi connectivity index (χ3v) is 2.66. The molecule has 3 aromatic rings. The largest absolute Gasteiger partial charge is 0.446 e. The van der Waals surface area contributed by atoms with Gasteiger partial charge in [0.05, 0.1) is 11.3 Å². The van der Waals surface area contributed by atoms with Gasteiger partial charge < -0.3 is 4.52 Å². The molecule has 0 spiro atoms. The van der Waals surface area contributed by atoms with Gasteiger partial charge in [0, 0.05) is 0 Å². The van der Waals surface area contributed by atoms with Crippen LogP contribution >= 0.6 is 0 Å². The van der Waals surface area contributed by atoms with Gasteiger partial charge in [0.2, 0.25) is 0 Å². The summed E-state index contributed by atoms with van der Waals surface area (Å²) < 4.78 is 11.1. The van der Waals surface area contributed by atoms with Crippen LogP contribution in [0.1, 0.15) is 11.6 Å². The van der Waals surface area contributed by atoms with Crippen molar-refractivity contribution in [2.75, 3.05) is 0 Å². The van der Waals surface area contributed by atoms with Gasteiger partial charge in [-0.25, -0.2) is 9.36 Å². The maximum atomic E-state index is 11.7. The van der Waals surface area contributed by atoms with E-state index in [4.69, 9.17) is 4.52 Å². The standard InChI is InChI=1S/C12H10N4O3/c1-7-13-11(18-14-7)9-5-3-4-6-10(9)16-8(2)15-19-12(16)17/h3-6H,1-2H3. The maximum Gasteiger partial charge on any atom is 0.446 e. The fourth-order valence-corrected chi connectivity index (χ4v) is 1.85. The van der Waals surface area contributed by atoms with E-state index in [0.29, 0.717) is 28.8 Å². The molecule has 0 radical (unpaired) electrons.